The number of furan rings is 1. The van der Waals surface area contributed by atoms with Crippen molar-refractivity contribution in [2.75, 3.05) is 11.9 Å². The van der Waals surface area contributed by atoms with Gasteiger partial charge in [-0.15, -0.1) is 0 Å². The summed E-state index contributed by atoms with van der Waals surface area (Å²) in [6.45, 7) is 10.5. The highest BCUT2D eigenvalue weighted by Gasteiger charge is 2.23. The van der Waals surface area contributed by atoms with E-state index in [9.17, 15) is 9.59 Å². The molecule has 164 valence electrons. The summed E-state index contributed by atoms with van der Waals surface area (Å²) in [6, 6.07) is 9.18. The van der Waals surface area contributed by atoms with Gasteiger partial charge in [0.25, 0.3) is 0 Å². The molecule has 1 aromatic carbocycles. The highest BCUT2D eigenvalue weighted by atomic mass is 16.5. The minimum absolute atomic E-state index is 0.252. The maximum atomic E-state index is 13.2. The summed E-state index contributed by atoms with van der Waals surface area (Å²) in [4.78, 5) is 30.2. The normalized spacial score (nSPS) is 10.7. The lowest BCUT2D eigenvalue weighted by Gasteiger charge is -2.23. The van der Waals surface area contributed by atoms with Crippen molar-refractivity contribution in [3.8, 4) is 0 Å². The fourth-order valence-corrected chi connectivity index (χ4v) is 3.44. The first-order valence-corrected chi connectivity index (χ1v) is 10.3. The number of anilines is 1. The van der Waals surface area contributed by atoms with Crippen molar-refractivity contribution < 1.29 is 18.7 Å². The molecule has 0 aliphatic heterocycles. The Morgan fingerprint density at radius 3 is 2.52 bits per heavy atom. The Morgan fingerprint density at radius 1 is 1.10 bits per heavy atom. The Morgan fingerprint density at radius 2 is 1.87 bits per heavy atom. The molecule has 0 radical (unpaired) electrons. The number of H-pyrrole nitrogens is 1. The molecule has 0 saturated carbocycles. The summed E-state index contributed by atoms with van der Waals surface area (Å²) < 4.78 is 10.6. The van der Waals surface area contributed by atoms with Crippen molar-refractivity contribution >= 4 is 17.7 Å². The molecular weight excluding hydrogens is 394 g/mol. The molecule has 2 aromatic heterocycles. The molecule has 7 heteroatoms. The third-order valence-electron chi connectivity index (χ3n) is 5.39. The average Bonchev–Trinajstić information content (AvgIpc) is 3.33. The number of aromatic nitrogens is 1. The van der Waals surface area contributed by atoms with E-state index in [1.807, 2.05) is 52.0 Å². The van der Waals surface area contributed by atoms with Crippen LogP contribution in [0.1, 0.15) is 51.1 Å². The number of hydrogen-bond donors (Lipinski definition) is 2. The van der Waals surface area contributed by atoms with Crippen LogP contribution < -0.4 is 5.32 Å². The van der Waals surface area contributed by atoms with Gasteiger partial charge in [-0.05, 0) is 81.1 Å². The zero-order valence-electron chi connectivity index (χ0n) is 18.7. The van der Waals surface area contributed by atoms with Crippen LogP contribution in [0.3, 0.4) is 0 Å². The molecule has 0 aliphatic rings. The zero-order chi connectivity index (χ0) is 22.5. The minimum Gasteiger partial charge on any atom is -0.467 e. The molecule has 0 bridgehead atoms. The van der Waals surface area contributed by atoms with Crippen LogP contribution in [0.5, 0.6) is 0 Å². The van der Waals surface area contributed by atoms with Gasteiger partial charge in [0.1, 0.15) is 11.5 Å². The molecule has 3 aromatic rings. The smallest absolute Gasteiger partial charge is 0.355 e. The van der Waals surface area contributed by atoms with E-state index in [0.717, 1.165) is 33.6 Å². The van der Waals surface area contributed by atoms with E-state index in [1.54, 1.807) is 24.2 Å². The number of nitrogens with one attached hydrogen (secondary N) is 2. The fraction of sp³-hybridized carbons (Fsp3) is 0.333. The number of benzene rings is 1. The number of carbonyl (C=O) groups excluding carboxylic acids is 2. The van der Waals surface area contributed by atoms with Gasteiger partial charge >= 0.3 is 12.0 Å². The van der Waals surface area contributed by atoms with Gasteiger partial charge in [-0.25, -0.2) is 9.59 Å². The second-order valence-corrected chi connectivity index (χ2v) is 7.61. The number of nitrogens with zero attached hydrogens (tertiary/aromatic N) is 1. The summed E-state index contributed by atoms with van der Waals surface area (Å²) >= 11 is 0. The third-order valence-corrected chi connectivity index (χ3v) is 5.39. The summed E-state index contributed by atoms with van der Waals surface area (Å²) in [6.07, 6.45) is 1.58. The first-order chi connectivity index (χ1) is 14.8. The highest BCUT2D eigenvalue weighted by molar-refractivity contribution is 5.91. The second kappa shape index (κ2) is 9.55. The molecule has 0 fully saturated rings. The van der Waals surface area contributed by atoms with Gasteiger partial charge in [-0.3, -0.25) is 0 Å². The summed E-state index contributed by atoms with van der Waals surface area (Å²) in [5.74, 6) is 0.276. The molecule has 7 nitrogen and oxygen atoms in total. The number of hydrogen-bond acceptors (Lipinski definition) is 4. The topological polar surface area (TPSA) is 87.6 Å². The Bertz CT molecular complexity index is 1070. The second-order valence-electron chi connectivity index (χ2n) is 7.61. The maximum Gasteiger partial charge on any atom is 0.355 e. The van der Waals surface area contributed by atoms with Crippen LogP contribution in [-0.2, 0) is 17.8 Å². The monoisotopic (exact) mass is 423 g/mol. The number of aryl methyl sites for hydroxylation is 3. The lowest BCUT2D eigenvalue weighted by Crippen LogP contribution is -2.34. The van der Waals surface area contributed by atoms with E-state index >= 15 is 0 Å². The third kappa shape index (κ3) is 5.17. The number of esters is 1. The van der Waals surface area contributed by atoms with Gasteiger partial charge in [0.05, 0.1) is 19.4 Å². The zero-order valence-corrected chi connectivity index (χ0v) is 18.7. The SMILES string of the molecule is CCOC(=O)c1[nH]c(C)c(CN(Cc2ccco2)C(=O)Nc2ccc(C)c(C)c2)c1C. The number of carbonyl (C=O) groups is 2. The summed E-state index contributed by atoms with van der Waals surface area (Å²) in [5, 5.41) is 2.98. The van der Waals surface area contributed by atoms with E-state index < -0.39 is 5.97 Å². The number of amides is 2. The summed E-state index contributed by atoms with van der Waals surface area (Å²) in [5.41, 5.74) is 5.89. The minimum atomic E-state index is -0.397. The van der Waals surface area contributed by atoms with E-state index in [-0.39, 0.29) is 6.03 Å². The van der Waals surface area contributed by atoms with E-state index in [1.165, 1.54) is 0 Å². The first kappa shape index (κ1) is 22.2. The van der Waals surface area contributed by atoms with Gasteiger partial charge in [-0.1, -0.05) is 6.07 Å². The molecule has 3 rings (SSSR count). The Labute approximate surface area is 182 Å². The van der Waals surface area contributed by atoms with Crippen LogP contribution in [0, 0.1) is 27.7 Å². The largest absolute Gasteiger partial charge is 0.467 e. The molecule has 0 spiro atoms. The number of rotatable bonds is 7. The molecule has 0 unspecified atom stereocenters. The Balaban J connectivity index is 1.86. The van der Waals surface area contributed by atoms with Crippen LogP contribution in [0.4, 0.5) is 10.5 Å². The van der Waals surface area contributed by atoms with Gasteiger partial charge in [0, 0.05) is 17.9 Å². The van der Waals surface area contributed by atoms with Gasteiger partial charge in [-0.2, -0.15) is 0 Å². The predicted molar refractivity (Wildman–Crippen MR) is 119 cm³/mol. The molecular formula is C24H29N3O4. The van der Waals surface area contributed by atoms with Crippen molar-refractivity contribution in [2.24, 2.45) is 0 Å². The van der Waals surface area contributed by atoms with E-state index in [0.29, 0.717) is 31.2 Å². The van der Waals surface area contributed by atoms with Crippen molar-refractivity contribution in [3.05, 3.63) is 76.0 Å². The maximum absolute atomic E-state index is 13.2. The summed E-state index contributed by atoms with van der Waals surface area (Å²) in [7, 11) is 0. The van der Waals surface area contributed by atoms with Crippen molar-refractivity contribution in [1.82, 2.24) is 9.88 Å². The standard InChI is InChI=1S/C24H29N3O4/c1-6-30-23(28)22-17(4)21(18(5)25-22)14-27(13-20-8-7-11-31-20)24(29)26-19-10-9-15(2)16(3)12-19/h7-12,25H,6,13-14H2,1-5H3,(H,26,29). The van der Waals surface area contributed by atoms with Crippen molar-refractivity contribution in [2.45, 2.75) is 47.7 Å². The molecule has 2 heterocycles. The predicted octanol–water partition coefficient (Wildman–Crippen LogP) is 5.25. The van der Waals surface area contributed by atoms with Crippen LogP contribution in [0.15, 0.2) is 41.0 Å². The average molecular weight is 424 g/mol. The highest BCUT2D eigenvalue weighted by Crippen LogP contribution is 2.23. The Kier molecular flexibility index (Phi) is 6.84. The molecule has 2 N–H and O–H groups in total. The number of ether oxygens (including phenoxy) is 1. The van der Waals surface area contributed by atoms with Gasteiger partial charge in [0.15, 0.2) is 0 Å². The van der Waals surface area contributed by atoms with Crippen LogP contribution in [0.2, 0.25) is 0 Å². The molecule has 2 amide bonds. The molecule has 0 aliphatic carbocycles. The lowest BCUT2D eigenvalue weighted by molar-refractivity contribution is 0.0519. The molecule has 0 saturated heterocycles. The van der Waals surface area contributed by atoms with Crippen molar-refractivity contribution in [3.63, 3.8) is 0 Å². The lowest BCUT2D eigenvalue weighted by atomic mass is 10.1. The van der Waals surface area contributed by atoms with Crippen LogP contribution >= 0.6 is 0 Å². The quantitative estimate of drug-likeness (QED) is 0.508. The van der Waals surface area contributed by atoms with Gasteiger partial charge in [0.2, 0.25) is 0 Å². The van der Waals surface area contributed by atoms with E-state index in [4.69, 9.17) is 9.15 Å². The Hall–Kier alpha value is -3.48. The number of urea groups is 1. The van der Waals surface area contributed by atoms with Crippen molar-refractivity contribution in [1.29, 1.82) is 0 Å². The molecule has 31 heavy (non-hydrogen) atoms. The van der Waals surface area contributed by atoms with E-state index in [2.05, 4.69) is 10.3 Å². The van der Waals surface area contributed by atoms with Crippen LogP contribution in [0.25, 0.3) is 0 Å². The molecule has 0 atom stereocenters. The van der Waals surface area contributed by atoms with Gasteiger partial charge < -0.3 is 24.4 Å². The first-order valence-electron chi connectivity index (χ1n) is 10.3. The number of aromatic amines is 1. The van der Waals surface area contributed by atoms with Crippen LogP contribution in [-0.4, -0.2) is 28.5 Å². The fourth-order valence-electron chi connectivity index (χ4n) is 3.44.